The molecule has 9 heteroatoms. The van der Waals surface area contributed by atoms with Crippen LogP contribution in [0.3, 0.4) is 0 Å². The number of aromatic amines is 1. The van der Waals surface area contributed by atoms with Crippen LogP contribution in [0.15, 0.2) is 54.7 Å². The van der Waals surface area contributed by atoms with Crippen molar-refractivity contribution in [3.8, 4) is 16.9 Å². The lowest BCUT2D eigenvalue weighted by Crippen LogP contribution is -2.52. The second kappa shape index (κ2) is 9.27. The summed E-state index contributed by atoms with van der Waals surface area (Å²) in [5.41, 5.74) is 1.12. The molecular weight excluding hydrogens is 500 g/mol. The van der Waals surface area contributed by atoms with E-state index in [1.807, 2.05) is 26.0 Å². The number of fused-ring (bicyclic) bond motifs is 2. The van der Waals surface area contributed by atoms with Gasteiger partial charge in [-0.2, -0.15) is 0 Å². The van der Waals surface area contributed by atoms with Gasteiger partial charge in [0.05, 0.1) is 28.8 Å². The van der Waals surface area contributed by atoms with E-state index in [1.165, 1.54) is 13.2 Å². The number of benzene rings is 3. The van der Waals surface area contributed by atoms with Gasteiger partial charge in [0.15, 0.2) is 0 Å². The Morgan fingerprint density at radius 1 is 1.14 bits per heavy atom. The first-order valence-electron chi connectivity index (χ1n) is 11.8. The molecule has 0 spiro atoms. The van der Waals surface area contributed by atoms with Crippen LogP contribution >= 0.6 is 11.6 Å². The number of amides is 1. The number of carbonyl (C=O) groups excluding carboxylic acids is 1. The van der Waals surface area contributed by atoms with E-state index < -0.39 is 35.3 Å². The van der Waals surface area contributed by atoms with Gasteiger partial charge in [-0.1, -0.05) is 36.7 Å². The Balaban J connectivity index is 1.49. The number of halogens is 3. The van der Waals surface area contributed by atoms with Crippen LogP contribution < -0.4 is 15.4 Å². The van der Waals surface area contributed by atoms with Gasteiger partial charge in [-0.3, -0.25) is 5.32 Å². The third-order valence-corrected chi connectivity index (χ3v) is 7.12. The molecule has 2 heterocycles. The molecule has 2 atom stereocenters. The SMILES string of the molecule is COc1ccc(NC(=O)O[C@H]2[C@H](C)c3c(cc(F)c(-c4cccc5cc[nH]c45)c3F)NC2(C)C)cc1Cl. The van der Waals surface area contributed by atoms with Gasteiger partial charge in [0.25, 0.3) is 0 Å². The quantitative estimate of drug-likeness (QED) is 0.255. The molecule has 1 amide bonds. The molecule has 6 nitrogen and oxygen atoms in total. The van der Waals surface area contributed by atoms with Gasteiger partial charge in [0.1, 0.15) is 23.5 Å². The number of rotatable bonds is 4. The van der Waals surface area contributed by atoms with Gasteiger partial charge in [-0.05, 0) is 49.6 Å². The number of ether oxygens (including phenoxy) is 2. The van der Waals surface area contributed by atoms with E-state index in [0.29, 0.717) is 33.2 Å². The molecule has 1 aromatic heterocycles. The largest absolute Gasteiger partial charge is 0.495 e. The Labute approximate surface area is 217 Å². The Bertz CT molecular complexity index is 1520. The molecule has 0 saturated heterocycles. The lowest BCUT2D eigenvalue weighted by molar-refractivity contribution is 0.0561. The molecule has 0 bridgehead atoms. The minimum atomic E-state index is -0.818. The summed E-state index contributed by atoms with van der Waals surface area (Å²) in [6, 6.07) is 13.3. The van der Waals surface area contributed by atoms with Gasteiger partial charge in [-0.15, -0.1) is 0 Å². The van der Waals surface area contributed by atoms with Crippen molar-refractivity contribution in [1.82, 2.24) is 4.98 Å². The Morgan fingerprint density at radius 3 is 2.65 bits per heavy atom. The van der Waals surface area contributed by atoms with Gasteiger partial charge in [0, 0.05) is 34.6 Å². The molecule has 3 N–H and O–H groups in total. The summed E-state index contributed by atoms with van der Waals surface area (Å²) in [5, 5.41) is 7.00. The number of nitrogens with one attached hydrogen (secondary N) is 3. The highest BCUT2D eigenvalue weighted by atomic mass is 35.5. The van der Waals surface area contributed by atoms with Crippen LogP contribution in [0.2, 0.25) is 5.02 Å². The molecule has 3 aromatic carbocycles. The lowest BCUT2D eigenvalue weighted by Gasteiger charge is -2.44. The van der Waals surface area contributed by atoms with E-state index >= 15 is 8.78 Å². The molecule has 5 rings (SSSR count). The predicted molar refractivity (Wildman–Crippen MR) is 142 cm³/mol. The summed E-state index contributed by atoms with van der Waals surface area (Å²) in [7, 11) is 1.49. The average molecular weight is 526 g/mol. The van der Waals surface area contributed by atoms with E-state index in [-0.39, 0.29) is 11.1 Å². The van der Waals surface area contributed by atoms with Crippen molar-refractivity contribution in [3.63, 3.8) is 0 Å². The molecule has 4 aromatic rings. The molecule has 0 fully saturated rings. The van der Waals surface area contributed by atoms with E-state index in [4.69, 9.17) is 21.1 Å². The number of hydrogen-bond donors (Lipinski definition) is 3. The molecular formula is C28H26ClF2N3O3. The highest BCUT2D eigenvalue weighted by Gasteiger charge is 2.45. The maximum absolute atomic E-state index is 16.1. The van der Waals surface area contributed by atoms with Crippen molar-refractivity contribution in [2.45, 2.75) is 38.3 Å². The first-order chi connectivity index (χ1) is 17.6. The summed E-state index contributed by atoms with van der Waals surface area (Å²) in [4.78, 5) is 15.9. The summed E-state index contributed by atoms with van der Waals surface area (Å²) in [5.74, 6) is -1.48. The zero-order valence-electron chi connectivity index (χ0n) is 20.7. The Hall–Kier alpha value is -3.78. The minimum Gasteiger partial charge on any atom is -0.495 e. The minimum absolute atomic E-state index is 0.128. The summed E-state index contributed by atoms with van der Waals surface area (Å²) in [6.45, 7) is 5.40. The van der Waals surface area contributed by atoms with Crippen LogP contribution in [0.25, 0.3) is 22.0 Å². The zero-order chi connectivity index (χ0) is 26.5. The molecule has 0 unspecified atom stereocenters. The molecule has 1 aliphatic rings. The third-order valence-electron chi connectivity index (χ3n) is 6.82. The van der Waals surface area contributed by atoms with Crippen molar-refractivity contribution in [2.24, 2.45) is 0 Å². The number of carbonyl (C=O) groups is 1. The topological polar surface area (TPSA) is 75.4 Å². The number of methoxy groups -OCH3 is 1. The van der Waals surface area contributed by atoms with E-state index in [0.717, 1.165) is 5.39 Å². The van der Waals surface area contributed by atoms with E-state index in [1.54, 1.807) is 43.5 Å². The fraction of sp³-hybridized carbons (Fsp3) is 0.250. The maximum Gasteiger partial charge on any atom is 0.412 e. The van der Waals surface area contributed by atoms with Crippen LogP contribution in [0.4, 0.5) is 25.0 Å². The number of H-pyrrole nitrogens is 1. The number of hydrogen-bond acceptors (Lipinski definition) is 4. The lowest BCUT2D eigenvalue weighted by atomic mass is 9.77. The second-order valence-electron chi connectivity index (χ2n) is 9.69. The second-order valence-corrected chi connectivity index (χ2v) is 10.1. The maximum atomic E-state index is 16.1. The Morgan fingerprint density at radius 2 is 1.92 bits per heavy atom. The molecule has 0 radical (unpaired) electrons. The first kappa shape index (κ1) is 24.9. The summed E-state index contributed by atoms with van der Waals surface area (Å²) < 4.78 is 42.4. The van der Waals surface area contributed by atoms with Crippen molar-refractivity contribution in [3.05, 3.63) is 76.9 Å². The van der Waals surface area contributed by atoms with Crippen LogP contribution in [0, 0.1) is 11.6 Å². The molecule has 192 valence electrons. The first-order valence-corrected chi connectivity index (χ1v) is 12.2. The fourth-order valence-corrected chi connectivity index (χ4v) is 5.43. The highest BCUT2D eigenvalue weighted by Crippen LogP contribution is 2.46. The van der Waals surface area contributed by atoms with Crippen LogP contribution in [-0.2, 0) is 4.74 Å². The number of aromatic nitrogens is 1. The molecule has 37 heavy (non-hydrogen) atoms. The van der Waals surface area contributed by atoms with Crippen LogP contribution in [0.1, 0.15) is 32.3 Å². The number of anilines is 2. The van der Waals surface area contributed by atoms with Gasteiger partial charge >= 0.3 is 6.09 Å². The van der Waals surface area contributed by atoms with Crippen LogP contribution in [0.5, 0.6) is 5.75 Å². The number of para-hydroxylation sites is 1. The zero-order valence-corrected chi connectivity index (χ0v) is 21.5. The molecule has 0 saturated carbocycles. The summed E-state index contributed by atoms with van der Waals surface area (Å²) >= 11 is 6.15. The standard InChI is InChI=1S/C28H26ClF2N3O3/c1-14-22-20(13-19(30)23(24(22)31)17-7-5-6-15-10-11-32-25(15)17)34-28(2,3)26(14)37-27(35)33-16-8-9-21(36-4)18(29)12-16/h5-14,26,32,34H,1-4H3,(H,33,35)/t14-,26+/m1/s1. The smallest absolute Gasteiger partial charge is 0.412 e. The highest BCUT2D eigenvalue weighted by molar-refractivity contribution is 6.32. The monoisotopic (exact) mass is 525 g/mol. The van der Waals surface area contributed by atoms with Gasteiger partial charge in [0.2, 0.25) is 0 Å². The van der Waals surface area contributed by atoms with Crippen molar-refractivity contribution in [2.75, 3.05) is 17.7 Å². The van der Waals surface area contributed by atoms with Crippen molar-refractivity contribution >= 4 is 40.0 Å². The molecule has 1 aliphatic heterocycles. The van der Waals surface area contributed by atoms with Crippen molar-refractivity contribution in [1.29, 1.82) is 0 Å². The Kier molecular flexibility index (Phi) is 6.23. The average Bonchev–Trinajstić information content (AvgIpc) is 3.31. The van der Waals surface area contributed by atoms with Gasteiger partial charge in [-0.25, -0.2) is 13.6 Å². The van der Waals surface area contributed by atoms with E-state index in [2.05, 4.69) is 15.6 Å². The normalized spacial score (nSPS) is 18.1. The predicted octanol–water partition coefficient (Wildman–Crippen LogP) is 7.70. The van der Waals surface area contributed by atoms with Crippen molar-refractivity contribution < 1.29 is 23.0 Å². The summed E-state index contributed by atoms with van der Waals surface area (Å²) in [6.07, 6.45) is 0.228. The molecule has 0 aliphatic carbocycles. The van der Waals surface area contributed by atoms with E-state index in [9.17, 15) is 4.79 Å². The van der Waals surface area contributed by atoms with Crippen LogP contribution in [-0.4, -0.2) is 29.8 Å². The van der Waals surface area contributed by atoms with Gasteiger partial charge < -0.3 is 19.8 Å². The third kappa shape index (κ3) is 4.35. The fourth-order valence-electron chi connectivity index (χ4n) is 5.17.